The SMILES string of the molecule is CC(C)N1CCN(c2ccc(Nc3nccn4ncnc34)cn2)CC1. The highest BCUT2D eigenvalue weighted by Gasteiger charge is 2.19. The number of nitrogens with one attached hydrogen (secondary N) is 1. The second-order valence-electron chi connectivity index (χ2n) is 6.45. The van der Waals surface area contributed by atoms with Gasteiger partial charge in [-0.3, -0.25) is 4.90 Å². The minimum Gasteiger partial charge on any atom is -0.354 e. The fourth-order valence-electron chi connectivity index (χ4n) is 3.10. The lowest BCUT2D eigenvalue weighted by Crippen LogP contribution is -2.49. The van der Waals surface area contributed by atoms with Crippen LogP contribution in [0.4, 0.5) is 17.3 Å². The van der Waals surface area contributed by atoms with Gasteiger partial charge < -0.3 is 10.2 Å². The van der Waals surface area contributed by atoms with E-state index in [0.29, 0.717) is 17.5 Å². The van der Waals surface area contributed by atoms with Crippen molar-refractivity contribution in [1.82, 2.24) is 29.5 Å². The fraction of sp³-hybridized carbons (Fsp3) is 0.412. The Balaban J connectivity index is 1.45. The van der Waals surface area contributed by atoms with Crippen LogP contribution >= 0.6 is 0 Å². The molecule has 1 aliphatic heterocycles. The molecular weight excluding hydrogens is 316 g/mol. The van der Waals surface area contributed by atoms with Gasteiger partial charge in [-0.1, -0.05) is 0 Å². The number of hydrogen-bond acceptors (Lipinski definition) is 7. The fourth-order valence-corrected chi connectivity index (χ4v) is 3.10. The molecule has 0 bridgehead atoms. The summed E-state index contributed by atoms with van der Waals surface area (Å²) in [6.45, 7) is 8.68. The number of hydrogen-bond donors (Lipinski definition) is 1. The number of nitrogens with zero attached hydrogens (tertiary/aromatic N) is 7. The Morgan fingerprint density at radius 3 is 2.60 bits per heavy atom. The van der Waals surface area contributed by atoms with Gasteiger partial charge in [-0.25, -0.2) is 19.5 Å². The summed E-state index contributed by atoms with van der Waals surface area (Å²) in [5, 5.41) is 7.38. The molecule has 3 aromatic rings. The Morgan fingerprint density at radius 1 is 1.04 bits per heavy atom. The predicted octanol–water partition coefficient (Wildman–Crippen LogP) is 1.79. The molecule has 0 atom stereocenters. The molecule has 0 spiro atoms. The smallest absolute Gasteiger partial charge is 0.198 e. The molecule has 0 aromatic carbocycles. The molecule has 1 N–H and O–H groups in total. The summed E-state index contributed by atoms with van der Waals surface area (Å²) in [4.78, 5) is 18.0. The Morgan fingerprint density at radius 2 is 1.88 bits per heavy atom. The van der Waals surface area contributed by atoms with Gasteiger partial charge in [0.2, 0.25) is 0 Å². The molecule has 1 fully saturated rings. The minimum absolute atomic E-state index is 0.606. The Labute approximate surface area is 146 Å². The summed E-state index contributed by atoms with van der Waals surface area (Å²) >= 11 is 0. The molecule has 25 heavy (non-hydrogen) atoms. The Bertz CT molecular complexity index is 833. The predicted molar refractivity (Wildman–Crippen MR) is 97.2 cm³/mol. The molecule has 0 amide bonds. The number of aromatic nitrogens is 5. The molecule has 0 radical (unpaired) electrons. The normalized spacial score (nSPS) is 15.9. The second-order valence-corrected chi connectivity index (χ2v) is 6.45. The zero-order valence-electron chi connectivity index (χ0n) is 14.5. The summed E-state index contributed by atoms with van der Waals surface area (Å²) in [6, 6.07) is 4.68. The van der Waals surface area contributed by atoms with Crippen molar-refractivity contribution in [1.29, 1.82) is 0 Å². The van der Waals surface area contributed by atoms with Crippen molar-refractivity contribution in [3.63, 3.8) is 0 Å². The topological polar surface area (TPSA) is 74.5 Å². The van der Waals surface area contributed by atoms with E-state index in [1.807, 2.05) is 12.3 Å². The highest BCUT2D eigenvalue weighted by molar-refractivity contribution is 5.69. The lowest BCUT2D eigenvalue weighted by Gasteiger charge is -2.37. The summed E-state index contributed by atoms with van der Waals surface area (Å²) in [5.41, 5.74) is 1.57. The van der Waals surface area contributed by atoms with E-state index in [9.17, 15) is 0 Å². The van der Waals surface area contributed by atoms with Crippen LogP contribution in [0, 0.1) is 0 Å². The third-order valence-electron chi connectivity index (χ3n) is 4.58. The summed E-state index contributed by atoms with van der Waals surface area (Å²) in [6.07, 6.45) is 6.82. The zero-order chi connectivity index (χ0) is 17.2. The van der Waals surface area contributed by atoms with Crippen molar-refractivity contribution in [3.8, 4) is 0 Å². The molecular formula is C17H22N8. The van der Waals surface area contributed by atoms with Gasteiger partial charge in [-0.2, -0.15) is 5.10 Å². The van der Waals surface area contributed by atoms with Crippen molar-refractivity contribution in [3.05, 3.63) is 37.1 Å². The van der Waals surface area contributed by atoms with Crippen molar-refractivity contribution in [2.24, 2.45) is 0 Å². The van der Waals surface area contributed by atoms with Gasteiger partial charge in [-0.05, 0) is 26.0 Å². The first-order valence-electron chi connectivity index (χ1n) is 8.57. The van der Waals surface area contributed by atoms with Crippen molar-refractivity contribution >= 4 is 23.0 Å². The number of rotatable bonds is 4. The number of piperazine rings is 1. The molecule has 1 saturated heterocycles. The van der Waals surface area contributed by atoms with Crippen LogP contribution in [-0.2, 0) is 0 Å². The van der Waals surface area contributed by atoms with Crippen LogP contribution in [0.1, 0.15) is 13.8 Å². The van der Waals surface area contributed by atoms with Gasteiger partial charge in [0, 0.05) is 44.6 Å². The Hall–Kier alpha value is -2.74. The van der Waals surface area contributed by atoms with Gasteiger partial charge in [0.05, 0.1) is 11.9 Å². The van der Waals surface area contributed by atoms with E-state index >= 15 is 0 Å². The summed E-state index contributed by atoms with van der Waals surface area (Å²) in [5.74, 6) is 1.68. The Kier molecular flexibility index (Phi) is 4.19. The van der Waals surface area contributed by atoms with Crippen LogP contribution in [0.3, 0.4) is 0 Å². The molecule has 0 saturated carbocycles. The number of anilines is 3. The van der Waals surface area contributed by atoms with E-state index in [1.165, 1.54) is 6.33 Å². The molecule has 3 aromatic heterocycles. The van der Waals surface area contributed by atoms with Crippen LogP contribution in [0.2, 0.25) is 0 Å². The summed E-state index contributed by atoms with van der Waals surface area (Å²) in [7, 11) is 0. The highest BCUT2D eigenvalue weighted by Crippen LogP contribution is 2.20. The first-order valence-corrected chi connectivity index (χ1v) is 8.57. The first kappa shape index (κ1) is 15.8. The van der Waals surface area contributed by atoms with Crippen LogP contribution in [0.25, 0.3) is 5.65 Å². The van der Waals surface area contributed by atoms with Crippen LogP contribution < -0.4 is 10.2 Å². The largest absolute Gasteiger partial charge is 0.354 e. The van der Waals surface area contributed by atoms with Crippen molar-refractivity contribution < 1.29 is 0 Å². The van der Waals surface area contributed by atoms with Gasteiger partial charge >= 0.3 is 0 Å². The molecule has 0 aliphatic carbocycles. The third kappa shape index (κ3) is 3.25. The number of pyridine rings is 1. The molecule has 0 unspecified atom stereocenters. The quantitative estimate of drug-likeness (QED) is 0.777. The monoisotopic (exact) mass is 338 g/mol. The maximum absolute atomic E-state index is 4.61. The molecule has 4 heterocycles. The van der Waals surface area contributed by atoms with Gasteiger partial charge in [0.1, 0.15) is 12.1 Å². The standard InChI is InChI=1S/C17H22N8/c1-13(2)23-7-9-24(10-8-23)15-4-3-14(11-19-15)22-16-17-20-12-21-25(17)6-5-18-16/h3-6,11-13H,7-10H2,1-2H3,(H,18,22). The zero-order valence-corrected chi connectivity index (χ0v) is 14.5. The molecule has 1 aliphatic rings. The third-order valence-corrected chi connectivity index (χ3v) is 4.58. The van der Waals surface area contributed by atoms with E-state index in [1.54, 1.807) is 16.9 Å². The average molecular weight is 338 g/mol. The van der Waals surface area contributed by atoms with Crippen molar-refractivity contribution in [2.45, 2.75) is 19.9 Å². The molecule has 8 heteroatoms. The molecule has 4 rings (SSSR count). The maximum Gasteiger partial charge on any atom is 0.198 e. The van der Waals surface area contributed by atoms with Gasteiger partial charge in [-0.15, -0.1) is 0 Å². The molecule has 130 valence electrons. The van der Waals surface area contributed by atoms with E-state index in [-0.39, 0.29) is 0 Å². The molecule has 8 nitrogen and oxygen atoms in total. The van der Waals surface area contributed by atoms with E-state index in [2.05, 4.69) is 55.1 Å². The number of fused-ring (bicyclic) bond motifs is 1. The second kappa shape index (κ2) is 6.64. The van der Waals surface area contributed by atoms with Crippen LogP contribution in [0.5, 0.6) is 0 Å². The highest BCUT2D eigenvalue weighted by atomic mass is 15.3. The van der Waals surface area contributed by atoms with Gasteiger partial charge in [0.15, 0.2) is 11.5 Å². The minimum atomic E-state index is 0.606. The lowest BCUT2D eigenvalue weighted by atomic mass is 10.2. The first-order chi connectivity index (χ1) is 12.2. The van der Waals surface area contributed by atoms with Crippen LogP contribution in [-0.4, -0.2) is 61.7 Å². The van der Waals surface area contributed by atoms with Crippen LogP contribution in [0.15, 0.2) is 37.1 Å². The van der Waals surface area contributed by atoms with Gasteiger partial charge in [0.25, 0.3) is 0 Å². The maximum atomic E-state index is 4.61. The van der Waals surface area contributed by atoms with E-state index in [0.717, 1.165) is 37.7 Å². The lowest BCUT2D eigenvalue weighted by molar-refractivity contribution is 0.209. The van der Waals surface area contributed by atoms with E-state index in [4.69, 9.17) is 0 Å². The van der Waals surface area contributed by atoms with E-state index < -0.39 is 0 Å². The van der Waals surface area contributed by atoms with Crippen molar-refractivity contribution in [2.75, 3.05) is 36.4 Å². The average Bonchev–Trinajstić information content (AvgIpc) is 3.12. The summed E-state index contributed by atoms with van der Waals surface area (Å²) < 4.78 is 1.69.